The molecule has 7 nitrogen and oxygen atoms in total. The smallest absolute Gasteiger partial charge is 0.300 e. The number of H-pyrrole nitrogens is 1. The highest BCUT2D eigenvalue weighted by Crippen LogP contribution is 2.43. The molecule has 5 rings (SSSR count). The number of Topliss-reactive ketones (excluding diaryl/α,β-unsaturated/α-hetero) is 1. The van der Waals surface area contributed by atoms with Crippen LogP contribution in [-0.4, -0.2) is 34.0 Å². The number of nitrogens with one attached hydrogen (secondary N) is 1. The number of carbonyl (C=O) groups excluding carboxylic acids is 2. The molecule has 1 aliphatic rings. The summed E-state index contributed by atoms with van der Waals surface area (Å²) in [6.45, 7) is 0. The van der Waals surface area contributed by atoms with Crippen LogP contribution in [0.15, 0.2) is 84.6 Å². The molecule has 4 aromatic rings. The number of ether oxygens (including phenoxy) is 1. The number of para-hydroxylation sites is 1. The molecule has 33 heavy (non-hydrogen) atoms. The number of hydrogen-bond donors (Lipinski definition) is 3. The first-order chi connectivity index (χ1) is 16.0. The van der Waals surface area contributed by atoms with Crippen LogP contribution in [0.5, 0.6) is 11.5 Å². The van der Waals surface area contributed by atoms with Crippen LogP contribution in [0.4, 0.5) is 5.69 Å². The molecule has 0 bridgehead atoms. The maximum atomic E-state index is 13.2. The van der Waals surface area contributed by atoms with E-state index in [-0.39, 0.29) is 17.1 Å². The van der Waals surface area contributed by atoms with Crippen molar-refractivity contribution in [2.24, 2.45) is 0 Å². The quantitative estimate of drug-likeness (QED) is 0.246. The Morgan fingerprint density at radius 1 is 1.00 bits per heavy atom. The lowest BCUT2D eigenvalue weighted by Crippen LogP contribution is -2.29. The summed E-state index contributed by atoms with van der Waals surface area (Å²) in [5.41, 5.74) is 2.11. The van der Waals surface area contributed by atoms with Gasteiger partial charge in [0.2, 0.25) is 0 Å². The lowest BCUT2D eigenvalue weighted by atomic mass is 9.95. The SMILES string of the molecule is COc1ccc(N2C(=O)C(=O)/C(=C(\O)c3c[nH]c4ccccc34)C2c2cccc(O)c2)cc1. The van der Waals surface area contributed by atoms with Gasteiger partial charge in [0.15, 0.2) is 0 Å². The Kier molecular flexibility index (Phi) is 4.86. The summed E-state index contributed by atoms with van der Waals surface area (Å²) in [5.74, 6) is -1.27. The number of amides is 1. The second kappa shape index (κ2) is 7.87. The molecule has 7 heteroatoms. The van der Waals surface area contributed by atoms with E-state index in [1.165, 1.54) is 24.1 Å². The standard InChI is InChI=1S/C26H20N2O5/c1-33-18-11-9-16(10-12-18)28-23(15-5-4-6-17(29)13-15)22(25(31)26(28)32)24(30)20-14-27-21-8-3-2-7-19(20)21/h2-14,23,27,29-30H,1H3/b24-22-. The third-order valence-electron chi connectivity index (χ3n) is 5.83. The molecular formula is C26H20N2O5. The van der Waals surface area contributed by atoms with Crippen LogP contribution in [0.3, 0.4) is 0 Å². The number of fused-ring (bicyclic) bond motifs is 1. The number of nitrogens with zero attached hydrogens (tertiary/aromatic N) is 1. The van der Waals surface area contributed by atoms with E-state index in [9.17, 15) is 19.8 Å². The van der Waals surface area contributed by atoms with E-state index in [4.69, 9.17) is 4.74 Å². The topological polar surface area (TPSA) is 103 Å². The second-order valence-corrected chi connectivity index (χ2v) is 7.71. The molecule has 0 saturated carbocycles. The van der Waals surface area contributed by atoms with Crippen molar-refractivity contribution in [3.63, 3.8) is 0 Å². The molecule has 0 radical (unpaired) electrons. The van der Waals surface area contributed by atoms with Gasteiger partial charge in [0, 0.05) is 28.4 Å². The molecule has 1 amide bonds. The van der Waals surface area contributed by atoms with E-state index < -0.39 is 17.7 Å². The van der Waals surface area contributed by atoms with Gasteiger partial charge in [-0.1, -0.05) is 30.3 Å². The first-order valence-corrected chi connectivity index (χ1v) is 10.3. The average molecular weight is 440 g/mol. The molecule has 3 N–H and O–H groups in total. The fourth-order valence-corrected chi connectivity index (χ4v) is 4.26. The average Bonchev–Trinajstić information content (AvgIpc) is 3.38. The third-order valence-corrected chi connectivity index (χ3v) is 5.83. The number of aromatic nitrogens is 1. The van der Waals surface area contributed by atoms with Gasteiger partial charge in [0.1, 0.15) is 17.3 Å². The third kappa shape index (κ3) is 3.30. The number of aliphatic hydroxyl groups excluding tert-OH is 1. The van der Waals surface area contributed by atoms with E-state index in [0.29, 0.717) is 22.6 Å². The number of phenolic OH excluding ortho intramolecular Hbond substituents is 1. The van der Waals surface area contributed by atoms with Crippen LogP contribution >= 0.6 is 0 Å². The van der Waals surface area contributed by atoms with Gasteiger partial charge in [0.25, 0.3) is 11.7 Å². The van der Waals surface area contributed by atoms with Gasteiger partial charge < -0.3 is 19.9 Å². The number of ketones is 1. The number of aromatic hydroxyl groups is 1. The minimum atomic E-state index is -0.931. The van der Waals surface area contributed by atoms with E-state index >= 15 is 0 Å². The van der Waals surface area contributed by atoms with Gasteiger partial charge in [0.05, 0.1) is 18.7 Å². The van der Waals surface area contributed by atoms with Crippen molar-refractivity contribution in [1.82, 2.24) is 4.98 Å². The molecular weight excluding hydrogens is 420 g/mol. The summed E-state index contributed by atoms with van der Waals surface area (Å²) in [6.07, 6.45) is 1.61. The van der Waals surface area contributed by atoms with Gasteiger partial charge in [-0.25, -0.2) is 0 Å². The van der Waals surface area contributed by atoms with E-state index in [0.717, 1.165) is 10.9 Å². The molecule has 1 fully saturated rings. The molecule has 1 aliphatic heterocycles. The lowest BCUT2D eigenvalue weighted by molar-refractivity contribution is -0.132. The van der Waals surface area contributed by atoms with Crippen LogP contribution in [-0.2, 0) is 9.59 Å². The molecule has 1 unspecified atom stereocenters. The fraction of sp³-hybridized carbons (Fsp3) is 0.0769. The van der Waals surface area contributed by atoms with Crippen molar-refractivity contribution >= 4 is 34.0 Å². The number of methoxy groups -OCH3 is 1. The highest BCUT2D eigenvalue weighted by atomic mass is 16.5. The molecule has 1 atom stereocenters. The van der Waals surface area contributed by atoms with Crippen LogP contribution < -0.4 is 9.64 Å². The van der Waals surface area contributed by atoms with Crippen molar-refractivity contribution in [2.75, 3.05) is 12.0 Å². The van der Waals surface area contributed by atoms with E-state index in [2.05, 4.69) is 4.98 Å². The zero-order chi connectivity index (χ0) is 23.1. The normalized spacial score (nSPS) is 17.6. The number of phenols is 1. The van der Waals surface area contributed by atoms with Gasteiger partial charge in [-0.05, 0) is 48.0 Å². The molecule has 2 heterocycles. The Morgan fingerprint density at radius 2 is 1.76 bits per heavy atom. The number of aliphatic hydroxyl groups is 1. The van der Waals surface area contributed by atoms with Gasteiger partial charge in [-0.15, -0.1) is 0 Å². The van der Waals surface area contributed by atoms with Crippen LogP contribution in [0.25, 0.3) is 16.7 Å². The Labute approximate surface area is 189 Å². The number of anilines is 1. The highest BCUT2D eigenvalue weighted by molar-refractivity contribution is 6.51. The Morgan fingerprint density at radius 3 is 2.48 bits per heavy atom. The summed E-state index contributed by atoms with van der Waals surface area (Å²) < 4.78 is 5.20. The Balaban J connectivity index is 1.74. The fourth-order valence-electron chi connectivity index (χ4n) is 4.26. The van der Waals surface area contributed by atoms with Crippen molar-refractivity contribution < 1.29 is 24.5 Å². The van der Waals surface area contributed by atoms with Crippen LogP contribution in [0.1, 0.15) is 17.2 Å². The van der Waals surface area contributed by atoms with Crippen molar-refractivity contribution in [1.29, 1.82) is 0 Å². The highest BCUT2D eigenvalue weighted by Gasteiger charge is 2.47. The number of carbonyl (C=O) groups is 2. The predicted octanol–water partition coefficient (Wildman–Crippen LogP) is 4.51. The maximum absolute atomic E-state index is 13.2. The minimum absolute atomic E-state index is 0.0140. The largest absolute Gasteiger partial charge is 0.508 e. The second-order valence-electron chi connectivity index (χ2n) is 7.71. The summed E-state index contributed by atoms with van der Waals surface area (Å²) in [6, 6.07) is 19.5. The summed E-state index contributed by atoms with van der Waals surface area (Å²) in [5, 5.41) is 22.1. The Bertz CT molecular complexity index is 1420. The molecule has 3 aromatic carbocycles. The van der Waals surface area contributed by atoms with Crippen molar-refractivity contribution in [2.45, 2.75) is 6.04 Å². The predicted molar refractivity (Wildman–Crippen MR) is 124 cm³/mol. The van der Waals surface area contributed by atoms with Crippen molar-refractivity contribution in [3.8, 4) is 11.5 Å². The number of hydrogen-bond acceptors (Lipinski definition) is 5. The molecule has 1 saturated heterocycles. The first-order valence-electron chi connectivity index (χ1n) is 10.3. The van der Waals surface area contributed by atoms with Gasteiger partial charge in [-0.2, -0.15) is 0 Å². The summed E-state index contributed by atoms with van der Waals surface area (Å²) in [4.78, 5) is 30.9. The van der Waals surface area contributed by atoms with E-state index in [1.54, 1.807) is 42.6 Å². The van der Waals surface area contributed by atoms with Crippen molar-refractivity contribution in [3.05, 3.63) is 95.7 Å². The van der Waals surface area contributed by atoms with Gasteiger partial charge >= 0.3 is 0 Å². The summed E-state index contributed by atoms with van der Waals surface area (Å²) >= 11 is 0. The zero-order valence-corrected chi connectivity index (χ0v) is 17.6. The zero-order valence-electron chi connectivity index (χ0n) is 17.6. The molecule has 164 valence electrons. The minimum Gasteiger partial charge on any atom is -0.508 e. The lowest BCUT2D eigenvalue weighted by Gasteiger charge is -2.25. The maximum Gasteiger partial charge on any atom is 0.300 e. The van der Waals surface area contributed by atoms with Crippen LogP contribution in [0, 0.1) is 0 Å². The molecule has 0 spiro atoms. The van der Waals surface area contributed by atoms with E-state index in [1.807, 2.05) is 24.3 Å². The van der Waals surface area contributed by atoms with Crippen LogP contribution in [0.2, 0.25) is 0 Å². The first kappa shape index (κ1) is 20.4. The Hall–Kier alpha value is -4.52. The summed E-state index contributed by atoms with van der Waals surface area (Å²) in [7, 11) is 1.54. The number of benzene rings is 3. The monoisotopic (exact) mass is 440 g/mol. The molecule has 0 aliphatic carbocycles. The number of aromatic amines is 1. The van der Waals surface area contributed by atoms with Gasteiger partial charge in [-0.3, -0.25) is 14.5 Å². The molecule has 1 aromatic heterocycles. The number of rotatable bonds is 4.